The van der Waals surface area contributed by atoms with Crippen molar-refractivity contribution >= 4 is 22.5 Å². The third-order valence-electron chi connectivity index (χ3n) is 5.84. The lowest BCUT2D eigenvalue weighted by atomic mass is 9.43. The number of carbonyl (C=O) groups excluding carboxylic acids is 1. The zero-order valence-corrected chi connectivity index (χ0v) is 14.5. The lowest BCUT2D eigenvalue weighted by molar-refractivity contribution is -0.113. The van der Waals surface area contributed by atoms with E-state index in [1.54, 1.807) is 0 Å². The van der Waals surface area contributed by atoms with Gasteiger partial charge in [-0.15, -0.1) is 11.3 Å². The van der Waals surface area contributed by atoms with Gasteiger partial charge in [0.2, 0.25) is 0 Å². The first-order chi connectivity index (χ1) is 10.3. The lowest BCUT2D eigenvalue weighted by Gasteiger charge is -2.65. The average molecular weight is 319 g/mol. The molecule has 0 aliphatic heterocycles. The van der Waals surface area contributed by atoms with E-state index in [-0.39, 0.29) is 11.6 Å². The third kappa shape index (κ3) is 2.43. The minimum atomic E-state index is -0.0801. The Morgan fingerprint density at radius 1 is 1.23 bits per heavy atom. The molecule has 2 unspecified atom stereocenters. The molecule has 1 aromatic heterocycles. The van der Waals surface area contributed by atoms with Gasteiger partial charge in [0.1, 0.15) is 0 Å². The quantitative estimate of drug-likeness (QED) is 0.853. The first kappa shape index (κ1) is 14.5. The number of nitrogens with zero attached hydrogens (tertiary/aromatic N) is 1. The van der Waals surface area contributed by atoms with Crippen LogP contribution < -0.4 is 10.6 Å². The number of aromatic nitrogens is 1. The number of thiazole rings is 1. The monoisotopic (exact) mass is 319 g/mol. The standard InChI is InChI=1S/C17H25N3OS/c1-11-7-22-14(18-11)19-13(21)20-17-6-12-4-15(2,9-17)8-16(3,5-12)10-17/h7,12H,4-6,8-10H2,1-3H3,(H2,18,19,20,21). The zero-order valence-electron chi connectivity index (χ0n) is 13.7. The molecule has 2 N–H and O–H groups in total. The number of rotatable bonds is 2. The highest BCUT2D eigenvalue weighted by Gasteiger charge is 2.60. The van der Waals surface area contributed by atoms with Gasteiger partial charge in [-0.05, 0) is 62.2 Å². The van der Waals surface area contributed by atoms with Crippen LogP contribution in [0.1, 0.15) is 58.1 Å². The Morgan fingerprint density at radius 3 is 2.45 bits per heavy atom. The fourth-order valence-electron chi connectivity index (χ4n) is 6.37. The van der Waals surface area contributed by atoms with Crippen molar-refractivity contribution in [1.29, 1.82) is 0 Å². The largest absolute Gasteiger partial charge is 0.332 e. The van der Waals surface area contributed by atoms with Crippen LogP contribution in [0.25, 0.3) is 0 Å². The molecule has 2 amide bonds. The predicted octanol–water partition coefficient (Wildman–Crippen LogP) is 4.32. The molecule has 0 aromatic carbocycles. The minimum absolute atomic E-state index is 0.000690. The molecule has 4 aliphatic carbocycles. The summed E-state index contributed by atoms with van der Waals surface area (Å²) in [5.74, 6) is 0.786. The smallest absolute Gasteiger partial charge is 0.321 e. The summed E-state index contributed by atoms with van der Waals surface area (Å²) in [5, 5.41) is 8.92. The van der Waals surface area contributed by atoms with Crippen molar-refractivity contribution in [2.24, 2.45) is 16.7 Å². The Hall–Kier alpha value is -1.10. The summed E-state index contributed by atoms with van der Waals surface area (Å²) >= 11 is 1.49. The molecule has 5 rings (SSSR count). The first-order valence-corrected chi connectivity index (χ1v) is 9.17. The Bertz CT molecular complexity index is 607. The summed E-state index contributed by atoms with van der Waals surface area (Å²) in [6.45, 7) is 6.79. The maximum atomic E-state index is 12.5. The molecule has 0 spiro atoms. The Kier molecular flexibility index (Phi) is 2.94. The second-order valence-electron chi connectivity index (χ2n) is 8.78. The van der Waals surface area contributed by atoms with Crippen LogP contribution in [-0.2, 0) is 0 Å². The van der Waals surface area contributed by atoms with E-state index in [9.17, 15) is 4.79 Å². The van der Waals surface area contributed by atoms with Crippen LogP contribution >= 0.6 is 11.3 Å². The molecule has 4 saturated carbocycles. The normalized spacial score (nSPS) is 42.4. The van der Waals surface area contributed by atoms with Crippen LogP contribution in [0.4, 0.5) is 9.93 Å². The molecular weight excluding hydrogens is 294 g/mol. The molecule has 120 valence electrons. The fraction of sp³-hybridized carbons (Fsp3) is 0.765. The summed E-state index contributed by atoms with van der Waals surface area (Å²) in [7, 11) is 0. The van der Waals surface area contributed by atoms with Gasteiger partial charge in [0.05, 0.1) is 5.69 Å². The van der Waals surface area contributed by atoms with Crippen molar-refractivity contribution in [1.82, 2.24) is 10.3 Å². The summed E-state index contributed by atoms with van der Waals surface area (Å²) in [5.41, 5.74) is 1.78. The molecule has 5 heteroatoms. The number of nitrogens with one attached hydrogen (secondary N) is 2. The molecule has 0 saturated heterocycles. The van der Waals surface area contributed by atoms with Crippen molar-refractivity contribution in [3.8, 4) is 0 Å². The number of urea groups is 1. The van der Waals surface area contributed by atoms with Crippen molar-refractivity contribution in [3.05, 3.63) is 11.1 Å². The van der Waals surface area contributed by atoms with Gasteiger partial charge in [0, 0.05) is 10.9 Å². The second-order valence-corrected chi connectivity index (χ2v) is 9.64. The molecule has 22 heavy (non-hydrogen) atoms. The molecule has 1 aromatic rings. The van der Waals surface area contributed by atoms with E-state index in [1.165, 1.54) is 30.6 Å². The van der Waals surface area contributed by atoms with Crippen LogP contribution in [0.15, 0.2) is 5.38 Å². The fourth-order valence-corrected chi connectivity index (χ4v) is 7.05. The summed E-state index contributed by atoms with van der Waals surface area (Å²) < 4.78 is 0. The summed E-state index contributed by atoms with van der Waals surface area (Å²) in [4.78, 5) is 16.8. The number of anilines is 1. The third-order valence-corrected chi connectivity index (χ3v) is 6.72. The van der Waals surface area contributed by atoms with Crippen LogP contribution in [-0.4, -0.2) is 16.6 Å². The van der Waals surface area contributed by atoms with Crippen LogP contribution in [0.2, 0.25) is 0 Å². The van der Waals surface area contributed by atoms with Gasteiger partial charge < -0.3 is 5.32 Å². The minimum Gasteiger partial charge on any atom is -0.332 e. The average Bonchev–Trinajstić information content (AvgIpc) is 2.68. The van der Waals surface area contributed by atoms with E-state index in [2.05, 4.69) is 29.5 Å². The van der Waals surface area contributed by atoms with Gasteiger partial charge in [0.25, 0.3) is 0 Å². The van der Waals surface area contributed by atoms with Gasteiger partial charge in [-0.25, -0.2) is 9.78 Å². The molecule has 1 heterocycles. The van der Waals surface area contributed by atoms with Gasteiger partial charge in [-0.2, -0.15) is 0 Å². The molecule has 4 fully saturated rings. The maximum absolute atomic E-state index is 12.5. The van der Waals surface area contributed by atoms with Crippen molar-refractivity contribution in [2.75, 3.05) is 5.32 Å². The van der Waals surface area contributed by atoms with E-state index >= 15 is 0 Å². The van der Waals surface area contributed by atoms with E-state index in [0.717, 1.165) is 30.9 Å². The van der Waals surface area contributed by atoms with E-state index in [4.69, 9.17) is 0 Å². The van der Waals surface area contributed by atoms with Crippen LogP contribution in [0, 0.1) is 23.7 Å². The van der Waals surface area contributed by atoms with Crippen LogP contribution in [0.5, 0.6) is 0 Å². The maximum Gasteiger partial charge on any atom is 0.321 e. The number of aryl methyl sites for hydroxylation is 1. The Labute approximate surface area is 136 Å². The summed E-state index contributed by atoms with van der Waals surface area (Å²) in [6, 6.07) is -0.0801. The lowest BCUT2D eigenvalue weighted by Crippen LogP contribution is -2.65. The van der Waals surface area contributed by atoms with Gasteiger partial charge in [-0.3, -0.25) is 5.32 Å². The van der Waals surface area contributed by atoms with E-state index in [0.29, 0.717) is 16.0 Å². The second kappa shape index (κ2) is 4.47. The molecule has 4 nitrogen and oxygen atoms in total. The van der Waals surface area contributed by atoms with Gasteiger partial charge >= 0.3 is 6.03 Å². The molecule has 2 atom stereocenters. The molecule has 0 radical (unpaired) electrons. The molecular formula is C17H25N3OS. The molecule has 4 bridgehead atoms. The van der Waals surface area contributed by atoms with Crippen molar-refractivity contribution in [3.63, 3.8) is 0 Å². The number of hydrogen-bond donors (Lipinski definition) is 2. The SMILES string of the molecule is Cc1csc(NC(=O)NC23CC4CC(C)(CC(C)(C4)C2)C3)n1. The Balaban J connectivity index is 1.51. The highest BCUT2D eigenvalue weighted by molar-refractivity contribution is 7.13. The topological polar surface area (TPSA) is 54.0 Å². The number of hydrogen-bond acceptors (Lipinski definition) is 3. The van der Waals surface area contributed by atoms with E-state index < -0.39 is 0 Å². The van der Waals surface area contributed by atoms with Gasteiger partial charge in [-0.1, -0.05) is 13.8 Å². The highest BCUT2D eigenvalue weighted by atomic mass is 32.1. The van der Waals surface area contributed by atoms with E-state index in [1.807, 2.05) is 12.3 Å². The summed E-state index contributed by atoms with van der Waals surface area (Å²) in [6.07, 6.45) is 7.45. The highest BCUT2D eigenvalue weighted by Crippen LogP contribution is 2.66. The van der Waals surface area contributed by atoms with Crippen LogP contribution in [0.3, 0.4) is 0 Å². The van der Waals surface area contributed by atoms with Gasteiger partial charge in [0.15, 0.2) is 5.13 Å². The first-order valence-electron chi connectivity index (χ1n) is 8.29. The molecule has 4 aliphatic rings. The number of carbonyl (C=O) groups is 1. The predicted molar refractivity (Wildman–Crippen MR) is 89.1 cm³/mol. The van der Waals surface area contributed by atoms with Crippen molar-refractivity contribution < 1.29 is 4.79 Å². The Morgan fingerprint density at radius 2 is 1.91 bits per heavy atom. The van der Waals surface area contributed by atoms with Crippen molar-refractivity contribution in [2.45, 2.75) is 64.8 Å². The zero-order chi connectivity index (χ0) is 15.6. The number of amides is 2.